The number of hydrogen-bond donors (Lipinski definition) is 0. The van der Waals surface area contributed by atoms with Crippen molar-refractivity contribution in [1.29, 1.82) is 0 Å². The zero-order valence-corrected chi connectivity index (χ0v) is 19.8. The van der Waals surface area contributed by atoms with E-state index in [-0.39, 0.29) is 15.4 Å². The molecule has 0 aliphatic heterocycles. The molecule has 1 aromatic heterocycles. The quantitative estimate of drug-likeness (QED) is 0.533. The van der Waals surface area contributed by atoms with Crippen molar-refractivity contribution in [1.82, 2.24) is 4.57 Å². The number of aryl methyl sites for hydroxylation is 1. The van der Waals surface area contributed by atoms with Crippen molar-refractivity contribution in [2.75, 3.05) is 24.5 Å². The van der Waals surface area contributed by atoms with E-state index in [1.54, 1.807) is 30.0 Å². The van der Waals surface area contributed by atoms with Crippen molar-refractivity contribution in [2.24, 2.45) is 4.99 Å². The monoisotopic (exact) mass is 484 g/mol. The molecule has 0 atom stereocenters. The smallest absolute Gasteiger partial charge is 0.279 e. The van der Waals surface area contributed by atoms with Crippen LogP contribution in [0.4, 0.5) is 0 Å². The second-order valence-electron chi connectivity index (χ2n) is 6.64. The summed E-state index contributed by atoms with van der Waals surface area (Å²) in [5.41, 5.74) is 1.08. The Morgan fingerprint density at radius 3 is 2.17 bits per heavy atom. The number of carbonyl (C=O) groups is 1. The predicted molar refractivity (Wildman–Crippen MR) is 121 cm³/mol. The fourth-order valence-corrected chi connectivity index (χ4v) is 5.58. The van der Waals surface area contributed by atoms with Gasteiger partial charge in [-0.25, -0.2) is 16.8 Å². The number of benzene rings is 2. The second kappa shape index (κ2) is 8.66. The Morgan fingerprint density at radius 2 is 1.60 bits per heavy atom. The van der Waals surface area contributed by atoms with Gasteiger partial charge in [-0.15, -0.1) is 0 Å². The first kappa shape index (κ1) is 22.7. The molecule has 0 spiro atoms. The molecule has 0 bridgehead atoms. The highest BCUT2D eigenvalue weighted by atomic mass is 32.2. The van der Waals surface area contributed by atoms with Gasteiger partial charge >= 0.3 is 0 Å². The van der Waals surface area contributed by atoms with E-state index in [0.29, 0.717) is 11.3 Å². The lowest BCUT2D eigenvalue weighted by Gasteiger charge is -2.04. The fourth-order valence-electron chi connectivity index (χ4n) is 2.76. The van der Waals surface area contributed by atoms with Crippen LogP contribution >= 0.6 is 23.1 Å². The van der Waals surface area contributed by atoms with E-state index in [1.807, 2.05) is 10.8 Å². The summed E-state index contributed by atoms with van der Waals surface area (Å²) in [4.78, 5) is 17.7. The van der Waals surface area contributed by atoms with Gasteiger partial charge in [0.25, 0.3) is 5.91 Å². The lowest BCUT2D eigenvalue weighted by atomic mass is 10.2. The minimum Gasteiger partial charge on any atom is -0.316 e. The molecule has 0 unspecified atom stereocenters. The molecular weight excluding hydrogens is 464 g/mol. The molecule has 0 fully saturated rings. The van der Waals surface area contributed by atoms with Crippen LogP contribution in [-0.4, -0.2) is 51.8 Å². The van der Waals surface area contributed by atoms with Crippen molar-refractivity contribution in [2.45, 2.75) is 16.3 Å². The Bertz CT molecular complexity index is 1380. The molecule has 0 aliphatic carbocycles. The van der Waals surface area contributed by atoms with Crippen LogP contribution in [0, 0.1) is 0 Å². The van der Waals surface area contributed by atoms with Crippen LogP contribution in [0.3, 0.4) is 0 Å². The first-order valence-electron chi connectivity index (χ1n) is 8.72. The molecular formula is C19H20N2O5S4. The number of carbonyl (C=O) groups excluding carboxylic acids is 1. The summed E-state index contributed by atoms with van der Waals surface area (Å²) in [7, 11) is -6.70. The number of thiazole rings is 1. The number of fused-ring (bicyclic) bond motifs is 1. The van der Waals surface area contributed by atoms with Gasteiger partial charge in [-0.2, -0.15) is 16.8 Å². The highest BCUT2D eigenvalue weighted by Gasteiger charge is 2.14. The number of hydrogen-bond acceptors (Lipinski definition) is 7. The van der Waals surface area contributed by atoms with Crippen LogP contribution in [0.1, 0.15) is 10.4 Å². The highest BCUT2D eigenvalue weighted by Crippen LogP contribution is 2.22. The number of thioether (sulfide) groups is 1. The van der Waals surface area contributed by atoms with Gasteiger partial charge in [-0.05, 0) is 48.7 Å². The number of nitrogens with zero attached hydrogens (tertiary/aromatic N) is 2. The molecule has 0 saturated carbocycles. The topological polar surface area (TPSA) is 103 Å². The van der Waals surface area contributed by atoms with E-state index in [0.717, 1.165) is 28.5 Å². The Morgan fingerprint density at radius 1 is 1.00 bits per heavy atom. The summed E-state index contributed by atoms with van der Waals surface area (Å²) in [6, 6.07) is 10.5. The van der Waals surface area contributed by atoms with Gasteiger partial charge in [-0.3, -0.25) is 4.79 Å². The third kappa shape index (κ3) is 5.02. The first-order chi connectivity index (χ1) is 14.0. The highest BCUT2D eigenvalue weighted by molar-refractivity contribution is 7.98. The Kier molecular flexibility index (Phi) is 6.56. The maximum atomic E-state index is 12.7. The lowest BCUT2D eigenvalue weighted by molar-refractivity contribution is 0.0997. The average molecular weight is 485 g/mol. The summed E-state index contributed by atoms with van der Waals surface area (Å²) >= 11 is 2.89. The second-order valence-corrected chi connectivity index (χ2v) is 12.7. The van der Waals surface area contributed by atoms with Gasteiger partial charge in [0.1, 0.15) is 0 Å². The number of aromatic nitrogens is 1. The van der Waals surface area contributed by atoms with E-state index < -0.39 is 25.6 Å². The largest absolute Gasteiger partial charge is 0.316 e. The minimum absolute atomic E-state index is 0.129. The Balaban J connectivity index is 2.10. The standard InChI is InChI=1S/C19H20N2O5S4/c1-27-11-10-21-16-9-8-15(30(3,25)26)12-17(16)28-19(21)20-18(22)13-4-6-14(7-5-13)29(2,23)24/h4-9,12H,10-11H2,1-3H3. The maximum absolute atomic E-state index is 12.7. The Hall–Kier alpha value is -1.95. The molecule has 2 aromatic carbocycles. The Labute approximate surface area is 183 Å². The molecule has 3 aromatic rings. The van der Waals surface area contributed by atoms with E-state index in [4.69, 9.17) is 0 Å². The number of sulfone groups is 2. The SMILES string of the molecule is CSCCn1c(=NC(=O)c2ccc(S(C)(=O)=O)cc2)sc2cc(S(C)(=O)=O)ccc21. The van der Waals surface area contributed by atoms with Gasteiger partial charge in [0.05, 0.1) is 20.0 Å². The first-order valence-corrected chi connectivity index (χ1v) is 14.7. The summed E-state index contributed by atoms with van der Waals surface area (Å²) in [6.45, 7) is 0.610. The molecule has 0 saturated heterocycles. The van der Waals surface area contributed by atoms with Crippen LogP contribution < -0.4 is 4.80 Å². The van der Waals surface area contributed by atoms with Crippen molar-refractivity contribution in [3.63, 3.8) is 0 Å². The minimum atomic E-state index is -3.35. The number of rotatable bonds is 6. The summed E-state index contributed by atoms with van der Waals surface area (Å²) in [5.74, 6) is 0.298. The number of amides is 1. The molecule has 1 heterocycles. The molecule has 0 N–H and O–H groups in total. The van der Waals surface area contributed by atoms with Crippen LogP contribution in [0.25, 0.3) is 10.2 Å². The van der Waals surface area contributed by atoms with Crippen molar-refractivity contribution < 1.29 is 21.6 Å². The molecule has 3 rings (SSSR count). The maximum Gasteiger partial charge on any atom is 0.279 e. The van der Waals surface area contributed by atoms with Gasteiger partial charge in [0.15, 0.2) is 24.5 Å². The van der Waals surface area contributed by atoms with Crippen molar-refractivity contribution in [3.05, 3.63) is 52.8 Å². The third-order valence-electron chi connectivity index (χ3n) is 4.33. The summed E-state index contributed by atoms with van der Waals surface area (Å²) in [5, 5.41) is 0. The summed E-state index contributed by atoms with van der Waals surface area (Å²) < 4.78 is 49.6. The van der Waals surface area contributed by atoms with E-state index in [9.17, 15) is 21.6 Å². The lowest BCUT2D eigenvalue weighted by Crippen LogP contribution is -2.18. The molecule has 11 heteroatoms. The fraction of sp³-hybridized carbons (Fsp3) is 0.263. The van der Waals surface area contributed by atoms with Crippen molar-refractivity contribution in [3.8, 4) is 0 Å². The van der Waals surface area contributed by atoms with E-state index in [1.165, 1.54) is 35.6 Å². The molecule has 0 radical (unpaired) electrons. The van der Waals surface area contributed by atoms with Crippen molar-refractivity contribution >= 4 is 58.9 Å². The van der Waals surface area contributed by atoms with E-state index in [2.05, 4.69) is 4.99 Å². The molecule has 30 heavy (non-hydrogen) atoms. The summed E-state index contributed by atoms with van der Waals surface area (Å²) in [6.07, 6.45) is 4.23. The predicted octanol–water partition coefficient (Wildman–Crippen LogP) is 2.61. The third-order valence-corrected chi connectivity index (χ3v) is 8.20. The van der Waals surface area contributed by atoms with Gasteiger partial charge in [-0.1, -0.05) is 11.3 Å². The van der Waals surface area contributed by atoms with Crippen LogP contribution in [-0.2, 0) is 26.2 Å². The molecule has 1 amide bonds. The zero-order chi connectivity index (χ0) is 22.1. The average Bonchev–Trinajstić information content (AvgIpc) is 3.01. The molecule has 160 valence electrons. The van der Waals surface area contributed by atoms with Gasteiger partial charge in [0.2, 0.25) is 0 Å². The van der Waals surface area contributed by atoms with Crippen LogP contribution in [0.15, 0.2) is 57.2 Å². The van der Waals surface area contributed by atoms with Crippen LogP contribution in [0.2, 0.25) is 0 Å². The van der Waals surface area contributed by atoms with Gasteiger partial charge < -0.3 is 4.57 Å². The van der Waals surface area contributed by atoms with Gasteiger partial charge in [0, 0.05) is 30.4 Å². The van der Waals surface area contributed by atoms with E-state index >= 15 is 0 Å². The normalized spacial score (nSPS) is 13.1. The molecule has 7 nitrogen and oxygen atoms in total. The molecule has 0 aliphatic rings. The van der Waals surface area contributed by atoms with Crippen LogP contribution in [0.5, 0.6) is 0 Å². The zero-order valence-electron chi connectivity index (χ0n) is 16.5.